The van der Waals surface area contributed by atoms with Crippen molar-refractivity contribution in [2.75, 3.05) is 21.1 Å². The van der Waals surface area contributed by atoms with Crippen LogP contribution in [0.4, 0.5) is 0 Å². The number of benzene rings is 3. The predicted octanol–water partition coefficient (Wildman–Crippen LogP) is 7.03. The van der Waals surface area contributed by atoms with Crippen molar-refractivity contribution in [3.63, 3.8) is 0 Å². The largest absolute Gasteiger partial charge is 0.744 e. The summed E-state index contributed by atoms with van der Waals surface area (Å²) in [5.41, 5.74) is 4.79. The highest BCUT2D eigenvalue weighted by Crippen LogP contribution is 2.26. The summed E-state index contributed by atoms with van der Waals surface area (Å²) < 4.78 is 32.1. The van der Waals surface area contributed by atoms with Crippen molar-refractivity contribution in [3.05, 3.63) is 125 Å². The van der Waals surface area contributed by atoms with Gasteiger partial charge in [-0.25, -0.2) is 8.42 Å². The van der Waals surface area contributed by atoms with E-state index in [0.29, 0.717) is 6.04 Å². The van der Waals surface area contributed by atoms with E-state index in [1.54, 1.807) is 12.1 Å². The van der Waals surface area contributed by atoms with Crippen LogP contribution in [0.25, 0.3) is 12.2 Å². The quantitative estimate of drug-likeness (QED) is 0.188. The van der Waals surface area contributed by atoms with Crippen LogP contribution in [0.2, 0.25) is 0 Å². The van der Waals surface area contributed by atoms with Crippen LogP contribution in [-0.2, 0) is 10.1 Å². The second-order valence-electron chi connectivity index (χ2n) is 9.49. The van der Waals surface area contributed by atoms with Gasteiger partial charge in [0.25, 0.3) is 0 Å². The fourth-order valence-electron chi connectivity index (χ4n) is 3.79. The molecule has 0 fully saturated rings. The summed E-state index contributed by atoms with van der Waals surface area (Å²) >= 11 is 0. The summed E-state index contributed by atoms with van der Waals surface area (Å²) in [7, 11) is 2.51. The van der Waals surface area contributed by atoms with E-state index in [2.05, 4.69) is 113 Å². The van der Waals surface area contributed by atoms with E-state index in [1.807, 2.05) is 13.0 Å². The molecule has 0 aromatic heterocycles. The maximum Gasteiger partial charge on any atom is 0.124 e. The van der Waals surface area contributed by atoms with Gasteiger partial charge in [0.1, 0.15) is 16.2 Å². The van der Waals surface area contributed by atoms with Crippen LogP contribution in [0, 0.1) is 6.92 Å². The van der Waals surface area contributed by atoms with Gasteiger partial charge in [-0.05, 0) is 30.2 Å². The molecule has 5 heteroatoms. The molecule has 1 unspecified atom stereocenters. The van der Waals surface area contributed by atoms with Crippen molar-refractivity contribution in [2.24, 2.45) is 0 Å². The van der Waals surface area contributed by atoms with Crippen molar-refractivity contribution in [1.29, 1.82) is 0 Å². The number of hydrogen-bond donors (Lipinski definition) is 0. The van der Waals surface area contributed by atoms with E-state index in [4.69, 9.17) is 0 Å². The number of nitrogens with zero attached hydrogens (tertiary/aromatic N) is 1. The summed E-state index contributed by atoms with van der Waals surface area (Å²) in [4.78, 5) is -0.178. The Bertz CT molecular complexity index is 1250. The first-order valence-corrected chi connectivity index (χ1v) is 13.4. The average Bonchev–Trinajstić information content (AvgIpc) is 2.82. The summed E-state index contributed by atoms with van der Waals surface area (Å²) in [6.07, 6.45) is 13.7. The molecule has 4 nitrogen and oxygen atoms in total. The van der Waals surface area contributed by atoms with Gasteiger partial charge in [0.15, 0.2) is 0 Å². The zero-order valence-corrected chi connectivity index (χ0v) is 22.7. The van der Waals surface area contributed by atoms with E-state index < -0.39 is 10.1 Å². The van der Waals surface area contributed by atoms with Gasteiger partial charge < -0.3 is 9.04 Å². The molecule has 3 aromatic rings. The van der Waals surface area contributed by atoms with Crippen LogP contribution in [0.3, 0.4) is 0 Å². The lowest BCUT2D eigenvalue weighted by molar-refractivity contribution is -0.902. The molecular formula is C31H37NO3S. The fraction of sp³-hybridized carbons (Fsp3) is 0.226. The Hall–Kier alpha value is -3.25. The van der Waals surface area contributed by atoms with Crippen molar-refractivity contribution in [2.45, 2.75) is 31.2 Å². The van der Waals surface area contributed by atoms with Gasteiger partial charge in [0.2, 0.25) is 0 Å². The van der Waals surface area contributed by atoms with Crippen LogP contribution in [0.5, 0.6) is 0 Å². The third kappa shape index (κ3) is 10.2. The first kappa shape index (κ1) is 29.0. The Morgan fingerprint density at radius 1 is 0.750 bits per heavy atom. The molecule has 3 rings (SSSR count). The normalized spacial score (nSPS) is 13.2. The highest BCUT2D eigenvalue weighted by atomic mass is 32.2. The van der Waals surface area contributed by atoms with Crippen molar-refractivity contribution >= 4 is 22.3 Å². The smallest absolute Gasteiger partial charge is 0.124 e. The van der Waals surface area contributed by atoms with Gasteiger partial charge in [-0.1, -0.05) is 116 Å². The van der Waals surface area contributed by atoms with Gasteiger partial charge in [-0.15, -0.1) is 0 Å². The van der Waals surface area contributed by atoms with E-state index in [1.165, 1.54) is 28.8 Å². The first-order chi connectivity index (χ1) is 17.0. The maximum absolute atomic E-state index is 10.4. The molecule has 0 saturated carbocycles. The Labute approximate surface area is 217 Å². The van der Waals surface area contributed by atoms with Crippen molar-refractivity contribution in [1.82, 2.24) is 0 Å². The number of aryl methyl sites for hydroxylation is 1. The van der Waals surface area contributed by atoms with Crippen LogP contribution in [-0.4, -0.2) is 38.6 Å². The molecule has 0 saturated heterocycles. The second-order valence-corrected chi connectivity index (χ2v) is 10.9. The lowest BCUT2D eigenvalue weighted by Crippen LogP contribution is -2.38. The Balaban J connectivity index is 0.000000346. The lowest BCUT2D eigenvalue weighted by atomic mass is 10.0. The highest BCUT2D eigenvalue weighted by molar-refractivity contribution is 7.85. The first-order valence-electron chi connectivity index (χ1n) is 12.0. The predicted molar refractivity (Wildman–Crippen MR) is 150 cm³/mol. The molecule has 0 aliphatic carbocycles. The van der Waals surface area contributed by atoms with Gasteiger partial charge >= 0.3 is 0 Å². The zero-order valence-electron chi connectivity index (χ0n) is 21.8. The number of rotatable bonds is 8. The minimum absolute atomic E-state index is 0.178. The fourth-order valence-corrected chi connectivity index (χ4v) is 4.26. The Morgan fingerprint density at radius 3 is 1.69 bits per heavy atom. The summed E-state index contributed by atoms with van der Waals surface area (Å²) in [6.45, 7) is 4.08. The minimum Gasteiger partial charge on any atom is -0.744 e. The molecule has 0 amide bonds. The summed E-state index contributed by atoms with van der Waals surface area (Å²) in [6, 6.07) is 25.6. The number of hydrogen-bond acceptors (Lipinski definition) is 3. The Morgan fingerprint density at radius 2 is 1.25 bits per heavy atom. The SMILES string of the molecule is CCC(c1ccc(C=CC=CC=Cc2ccccc2)cc1)[N+](C)(C)C.Cc1ccc(S(=O)(=O)[O-])cc1. The second kappa shape index (κ2) is 13.7. The lowest BCUT2D eigenvalue weighted by Gasteiger charge is -2.34. The van der Waals surface area contributed by atoms with E-state index in [9.17, 15) is 13.0 Å². The van der Waals surface area contributed by atoms with Crippen LogP contribution < -0.4 is 0 Å². The highest BCUT2D eigenvalue weighted by Gasteiger charge is 2.23. The van der Waals surface area contributed by atoms with Crippen LogP contribution in [0.15, 0.2) is 108 Å². The standard InChI is InChI=1S/C24H30N.C7H8O3S/c1-5-24(25(2,3)4)23-19-17-22(18-20-23)16-10-7-6-9-13-21-14-11-8-12-15-21;1-6-2-4-7(5-3-6)11(8,9)10/h6-20,24H,5H2,1-4H3;2-5H,1H3,(H,8,9,10)/q+1;/p-1. The molecule has 0 heterocycles. The van der Waals surface area contributed by atoms with Gasteiger partial charge in [0.05, 0.1) is 26.0 Å². The van der Waals surface area contributed by atoms with E-state index >= 15 is 0 Å². The van der Waals surface area contributed by atoms with Crippen LogP contribution >= 0.6 is 0 Å². The molecule has 0 bridgehead atoms. The molecule has 3 aromatic carbocycles. The number of quaternary nitrogens is 1. The third-order valence-electron chi connectivity index (χ3n) is 5.66. The Kier molecular flexibility index (Phi) is 11.1. The zero-order chi connectivity index (χ0) is 26.6. The van der Waals surface area contributed by atoms with E-state index in [-0.39, 0.29) is 4.90 Å². The van der Waals surface area contributed by atoms with Crippen LogP contribution in [0.1, 0.15) is 41.6 Å². The molecule has 36 heavy (non-hydrogen) atoms. The topological polar surface area (TPSA) is 57.2 Å². The van der Waals surface area contributed by atoms with Crippen molar-refractivity contribution in [3.8, 4) is 0 Å². The average molecular weight is 504 g/mol. The summed E-state index contributed by atoms with van der Waals surface area (Å²) in [5, 5.41) is 0. The van der Waals surface area contributed by atoms with Gasteiger partial charge in [0, 0.05) is 12.0 Å². The third-order valence-corrected chi connectivity index (χ3v) is 6.51. The summed E-state index contributed by atoms with van der Waals surface area (Å²) in [5.74, 6) is 0. The minimum atomic E-state index is -4.27. The molecule has 0 N–H and O–H groups in total. The molecule has 0 aliphatic heterocycles. The molecule has 190 valence electrons. The van der Waals surface area contributed by atoms with Gasteiger partial charge in [-0.2, -0.15) is 0 Å². The maximum atomic E-state index is 10.4. The van der Waals surface area contributed by atoms with E-state index in [0.717, 1.165) is 16.5 Å². The van der Waals surface area contributed by atoms with Crippen molar-refractivity contribution < 1.29 is 17.5 Å². The molecule has 0 radical (unpaired) electrons. The molecular weight excluding hydrogens is 466 g/mol. The number of allylic oxidation sites excluding steroid dienone is 4. The molecule has 0 aliphatic rings. The molecule has 1 atom stereocenters. The molecule has 0 spiro atoms. The monoisotopic (exact) mass is 503 g/mol. The van der Waals surface area contributed by atoms with Gasteiger partial charge in [-0.3, -0.25) is 0 Å².